The molecule has 1 saturated carbocycles. The van der Waals surface area contributed by atoms with E-state index in [2.05, 4.69) is 34.4 Å². The lowest BCUT2D eigenvalue weighted by Gasteiger charge is -2.35. The zero-order valence-electron chi connectivity index (χ0n) is 13.9. The van der Waals surface area contributed by atoms with E-state index >= 15 is 0 Å². The van der Waals surface area contributed by atoms with Crippen molar-refractivity contribution in [2.24, 2.45) is 10.9 Å². The van der Waals surface area contributed by atoms with Crippen molar-refractivity contribution in [3.63, 3.8) is 0 Å². The van der Waals surface area contributed by atoms with E-state index in [-0.39, 0.29) is 24.0 Å². The van der Waals surface area contributed by atoms with Crippen LogP contribution in [0, 0.1) is 5.92 Å². The number of piperidine rings is 1. The maximum absolute atomic E-state index is 4.37. The zero-order valence-corrected chi connectivity index (χ0v) is 16.2. The van der Waals surface area contributed by atoms with Gasteiger partial charge in [-0.25, -0.2) is 0 Å². The van der Waals surface area contributed by atoms with Crippen LogP contribution in [0.2, 0.25) is 0 Å². The van der Waals surface area contributed by atoms with Gasteiger partial charge in [0.25, 0.3) is 0 Å². The summed E-state index contributed by atoms with van der Waals surface area (Å²) in [7, 11) is 1.88. The van der Waals surface area contributed by atoms with Gasteiger partial charge in [-0.05, 0) is 52.0 Å². The van der Waals surface area contributed by atoms with Gasteiger partial charge in [-0.15, -0.1) is 24.0 Å². The maximum Gasteiger partial charge on any atom is 0.191 e. The highest BCUT2D eigenvalue weighted by Gasteiger charge is 2.22. The highest BCUT2D eigenvalue weighted by atomic mass is 127. The summed E-state index contributed by atoms with van der Waals surface area (Å²) in [5.74, 6) is 1.76. The van der Waals surface area contributed by atoms with Gasteiger partial charge >= 0.3 is 0 Å². The van der Waals surface area contributed by atoms with Crippen LogP contribution in [-0.2, 0) is 0 Å². The van der Waals surface area contributed by atoms with Crippen molar-refractivity contribution in [3.8, 4) is 0 Å². The largest absolute Gasteiger partial charge is 0.356 e. The second-order valence-electron chi connectivity index (χ2n) is 6.68. The van der Waals surface area contributed by atoms with Crippen LogP contribution >= 0.6 is 24.0 Å². The third-order valence-corrected chi connectivity index (χ3v) is 4.76. The van der Waals surface area contributed by atoms with Crippen LogP contribution in [0.5, 0.6) is 0 Å². The molecule has 0 radical (unpaired) electrons. The molecular weight excluding hydrogens is 375 g/mol. The lowest BCUT2D eigenvalue weighted by Crippen LogP contribution is -2.47. The summed E-state index contributed by atoms with van der Waals surface area (Å²) >= 11 is 0. The van der Waals surface area contributed by atoms with Gasteiger partial charge in [-0.2, -0.15) is 0 Å². The number of likely N-dealkylation sites (tertiary alicyclic amines) is 1. The average molecular weight is 408 g/mol. The Morgan fingerprint density at radius 2 is 1.90 bits per heavy atom. The van der Waals surface area contributed by atoms with Crippen LogP contribution in [0.1, 0.15) is 52.4 Å². The Balaban J connectivity index is 0.00000220. The van der Waals surface area contributed by atoms with Crippen molar-refractivity contribution in [2.45, 2.75) is 64.5 Å². The molecule has 0 aromatic heterocycles. The minimum Gasteiger partial charge on any atom is -0.356 e. The molecule has 0 amide bonds. The van der Waals surface area contributed by atoms with Gasteiger partial charge in [-0.3, -0.25) is 4.99 Å². The first-order valence-corrected chi connectivity index (χ1v) is 8.40. The second kappa shape index (κ2) is 9.87. The molecule has 1 atom stereocenters. The van der Waals surface area contributed by atoms with Crippen molar-refractivity contribution >= 4 is 29.9 Å². The van der Waals surface area contributed by atoms with Gasteiger partial charge in [-0.1, -0.05) is 12.8 Å². The van der Waals surface area contributed by atoms with E-state index < -0.39 is 0 Å². The fourth-order valence-corrected chi connectivity index (χ4v) is 3.43. The molecule has 1 unspecified atom stereocenters. The summed E-state index contributed by atoms with van der Waals surface area (Å²) in [6.07, 6.45) is 7.99. The maximum atomic E-state index is 4.37. The number of hydrogen-bond donors (Lipinski definition) is 2. The summed E-state index contributed by atoms with van der Waals surface area (Å²) in [6, 6.07) is 1.31. The fraction of sp³-hybridized carbons (Fsp3) is 0.938. The predicted molar refractivity (Wildman–Crippen MR) is 102 cm³/mol. The van der Waals surface area contributed by atoms with E-state index in [1.165, 1.54) is 51.6 Å². The van der Waals surface area contributed by atoms with Gasteiger partial charge in [0.15, 0.2) is 5.96 Å². The molecular formula is C16H33IN4. The summed E-state index contributed by atoms with van der Waals surface area (Å²) in [5.41, 5.74) is 0. The Morgan fingerprint density at radius 3 is 2.52 bits per heavy atom. The minimum atomic E-state index is 0. The lowest BCUT2D eigenvalue weighted by molar-refractivity contribution is 0.141. The van der Waals surface area contributed by atoms with Crippen LogP contribution in [0.3, 0.4) is 0 Å². The van der Waals surface area contributed by atoms with Crippen LogP contribution in [0.15, 0.2) is 4.99 Å². The van der Waals surface area contributed by atoms with Crippen molar-refractivity contribution in [3.05, 3.63) is 0 Å². The molecule has 1 saturated heterocycles. The molecule has 0 aromatic rings. The van der Waals surface area contributed by atoms with Crippen LogP contribution < -0.4 is 10.6 Å². The number of hydrogen-bond acceptors (Lipinski definition) is 2. The predicted octanol–water partition coefficient (Wildman–Crippen LogP) is 2.83. The third kappa shape index (κ3) is 6.30. The van der Waals surface area contributed by atoms with Crippen molar-refractivity contribution < 1.29 is 0 Å². The van der Waals surface area contributed by atoms with Gasteiger partial charge < -0.3 is 15.5 Å². The van der Waals surface area contributed by atoms with E-state index in [4.69, 9.17) is 0 Å². The Kier molecular flexibility index (Phi) is 8.94. The Bertz CT molecular complexity index is 313. The van der Waals surface area contributed by atoms with Crippen molar-refractivity contribution in [1.29, 1.82) is 0 Å². The van der Waals surface area contributed by atoms with Crippen LogP contribution in [-0.4, -0.2) is 49.6 Å². The first kappa shape index (κ1) is 19.0. The first-order chi connectivity index (χ1) is 9.69. The van der Waals surface area contributed by atoms with E-state index in [0.29, 0.717) is 12.1 Å². The highest BCUT2D eigenvalue weighted by Crippen LogP contribution is 2.18. The van der Waals surface area contributed by atoms with Gasteiger partial charge in [0.1, 0.15) is 0 Å². The van der Waals surface area contributed by atoms with Crippen LogP contribution in [0.25, 0.3) is 0 Å². The van der Waals surface area contributed by atoms with Crippen molar-refractivity contribution in [1.82, 2.24) is 15.5 Å². The highest BCUT2D eigenvalue weighted by molar-refractivity contribution is 14.0. The standard InChI is InChI=1S/C16H32N4.HI/c1-13(2)20-10-6-7-14(12-20)11-18-16(17-3)19-15-8-4-5-9-15;/h13-15H,4-12H2,1-3H3,(H2,17,18,19);1H. The Labute approximate surface area is 147 Å². The van der Waals surface area contributed by atoms with Crippen molar-refractivity contribution in [2.75, 3.05) is 26.7 Å². The van der Waals surface area contributed by atoms with E-state index in [9.17, 15) is 0 Å². The quantitative estimate of drug-likeness (QED) is 0.427. The normalized spacial score (nSPS) is 25.0. The third-order valence-electron chi connectivity index (χ3n) is 4.76. The van der Waals surface area contributed by atoms with E-state index in [1.807, 2.05) is 7.05 Å². The first-order valence-electron chi connectivity index (χ1n) is 8.40. The number of rotatable bonds is 4. The number of aliphatic imine (C=N–C) groups is 1. The van der Waals surface area contributed by atoms with E-state index in [0.717, 1.165) is 18.4 Å². The summed E-state index contributed by atoms with van der Waals surface area (Å²) in [6.45, 7) is 8.15. The monoisotopic (exact) mass is 408 g/mol. The molecule has 2 fully saturated rings. The summed E-state index contributed by atoms with van der Waals surface area (Å²) in [5, 5.41) is 7.10. The summed E-state index contributed by atoms with van der Waals surface area (Å²) < 4.78 is 0. The minimum absolute atomic E-state index is 0. The van der Waals surface area contributed by atoms with Gasteiger partial charge in [0.2, 0.25) is 0 Å². The summed E-state index contributed by atoms with van der Waals surface area (Å²) in [4.78, 5) is 6.97. The molecule has 2 rings (SSSR count). The molecule has 0 aromatic carbocycles. The SMILES string of the molecule is CN=C(NCC1CCCN(C(C)C)C1)NC1CCCC1.I. The molecule has 21 heavy (non-hydrogen) atoms. The molecule has 1 aliphatic heterocycles. The van der Waals surface area contributed by atoms with E-state index in [1.54, 1.807) is 0 Å². The number of guanidine groups is 1. The van der Waals surface area contributed by atoms with Gasteiger partial charge in [0, 0.05) is 32.2 Å². The second-order valence-corrected chi connectivity index (χ2v) is 6.68. The molecule has 2 aliphatic rings. The lowest BCUT2D eigenvalue weighted by atomic mass is 9.97. The molecule has 0 spiro atoms. The van der Waals surface area contributed by atoms with Gasteiger partial charge in [0.05, 0.1) is 0 Å². The topological polar surface area (TPSA) is 39.7 Å². The number of halogens is 1. The molecule has 2 N–H and O–H groups in total. The fourth-order valence-electron chi connectivity index (χ4n) is 3.43. The Morgan fingerprint density at radius 1 is 1.19 bits per heavy atom. The van der Waals surface area contributed by atoms with Crippen LogP contribution in [0.4, 0.5) is 0 Å². The number of nitrogens with zero attached hydrogens (tertiary/aromatic N) is 2. The molecule has 1 heterocycles. The molecule has 1 aliphatic carbocycles. The Hall–Kier alpha value is -0.0400. The molecule has 124 valence electrons. The molecule has 5 heteroatoms. The zero-order chi connectivity index (χ0) is 14.4. The molecule has 4 nitrogen and oxygen atoms in total. The number of nitrogens with one attached hydrogen (secondary N) is 2. The smallest absolute Gasteiger partial charge is 0.191 e. The average Bonchev–Trinajstić information content (AvgIpc) is 2.96. The molecule has 0 bridgehead atoms.